The van der Waals surface area contributed by atoms with Gasteiger partial charge in [-0.2, -0.15) is 5.10 Å². The van der Waals surface area contributed by atoms with Crippen LogP contribution in [0.25, 0.3) is 0 Å². The number of carbonyl (C=O) groups excluding carboxylic acids is 1. The van der Waals surface area contributed by atoms with E-state index in [4.69, 9.17) is 0 Å². The van der Waals surface area contributed by atoms with Crippen LogP contribution in [0.4, 0.5) is 4.39 Å². The van der Waals surface area contributed by atoms with Gasteiger partial charge >= 0.3 is 0 Å². The molecule has 1 fully saturated rings. The fourth-order valence-electron chi connectivity index (χ4n) is 2.88. The van der Waals surface area contributed by atoms with Gasteiger partial charge in [-0.05, 0) is 31.0 Å². The number of aromatic nitrogens is 2. The molecule has 3 rings (SSSR count). The lowest BCUT2D eigenvalue weighted by Gasteiger charge is -2.24. The van der Waals surface area contributed by atoms with Crippen molar-refractivity contribution in [3.05, 3.63) is 53.6 Å². The summed E-state index contributed by atoms with van der Waals surface area (Å²) in [5.41, 5.74) is 1.19. The molecule has 0 aliphatic carbocycles. The maximum Gasteiger partial charge on any atom is 0.257 e. The van der Waals surface area contributed by atoms with E-state index in [0.29, 0.717) is 24.1 Å². The molecule has 1 aliphatic heterocycles. The van der Waals surface area contributed by atoms with Gasteiger partial charge in [0.2, 0.25) is 0 Å². The van der Waals surface area contributed by atoms with E-state index in [1.807, 2.05) is 6.92 Å². The smallest absolute Gasteiger partial charge is 0.257 e. The third-order valence-electron chi connectivity index (χ3n) is 3.98. The van der Waals surface area contributed by atoms with Gasteiger partial charge < -0.3 is 10.0 Å². The number of hydrogen-bond donors (Lipinski definition) is 1. The van der Waals surface area contributed by atoms with Gasteiger partial charge in [0.1, 0.15) is 5.82 Å². The Balaban J connectivity index is 1.88. The van der Waals surface area contributed by atoms with Crippen molar-refractivity contribution in [2.75, 3.05) is 6.54 Å². The van der Waals surface area contributed by atoms with E-state index in [1.165, 1.54) is 18.3 Å². The zero-order chi connectivity index (χ0) is 15.7. The Bertz CT molecular complexity index is 686. The minimum Gasteiger partial charge on any atom is -0.391 e. The quantitative estimate of drug-likeness (QED) is 0.943. The van der Waals surface area contributed by atoms with Crippen LogP contribution in [-0.2, 0) is 6.54 Å². The zero-order valence-electron chi connectivity index (χ0n) is 12.3. The summed E-state index contributed by atoms with van der Waals surface area (Å²) in [5.74, 6) is -0.532. The first-order valence-corrected chi connectivity index (χ1v) is 7.35. The second-order valence-corrected chi connectivity index (χ2v) is 5.50. The summed E-state index contributed by atoms with van der Waals surface area (Å²) in [5, 5.41) is 14.0. The Morgan fingerprint density at radius 1 is 1.50 bits per heavy atom. The molecule has 6 heteroatoms. The summed E-state index contributed by atoms with van der Waals surface area (Å²) in [7, 11) is 0. The number of amides is 1. The number of hydrogen-bond acceptors (Lipinski definition) is 3. The minimum absolute atomic E-state index is 0.189. The van der Waals surface area contributed by atoms with Crippen LogP contribution in [0.15, 0.2) is 36.7 Å². The summed E-state index contributed by atoms with van der Waals surface area (Å²) in [6, 6.07) is 5.86. The number of aryl methyl sites for hydroxylation is 1. The van der Waals surface area contributed by atoms with Crippen molar-refractivity contribution in [1.29, 1.82) is 0 Å². The predicted molar refractivity (Wildman–Crippen MR) is 78.7 cm³/mol. The van der Waals surface area contributed by atoms with Gasteiger partial charge in [-0.25, -0.2) is 4.39 Å². The van der Waals surface area contributed by atoms with Gasteiger partial charge in [0.25, 0.3) is 5.91 Å². The number of aliphatic hydroxyl groups excluding tert-OH is 1. The molecule has 1 aliphatic rings. The molecule has 5 nitrogen and oxygen atoms in total. The SMILES string of the molecule is CCn1cc(C(=O)N2C[C@H](O)C[C@H]2c2cccc(F)c2)cn1. The summed E-state index contributed by atoms with van der Waals surface area (Å²) in [6.45, 7) is 2.87. The summed E-state index contributed by atoms with van der Waals surface area (Å²) in [4.78, 5) is 14.3. The van der Waals surface area contributed by atoms with Crippen molar-refractivity contribution >= 4 is 5.91 Å². The molecular formula is C16H18FN3O2. The monoisotopic (exact) mass is 303 g/mol. The molecule has 1 saturated heterocycles. The van der Waals surface area contributed by atoms with Crippen LogP contribution in [0, 0.1) is 5.82 Å². The Morgan fingerprint density at radius 3 is 3.00 bits per heavy atom. The van der Waals surface area contributed by atoms with Gasteiger partial charge in [-0.3, -0.25) is 9.48 Å². The number of likely N-dealkylation sites (tertiary alicyclic amines) is 1. The standard InChI is InChI=1S/C16H18FN3O2/c1-2-19-9-12(8-18-19)16(22)20-10-14(21)7-15(20)11-4-3-5-13(17)6-11/h3-6,8-9,14-15,21H,2,7,10H2,1H3/t14-,15+/m1/s1. The molecule has 22 heavy (non-hydrogen) atoms. The average molecular weight is 303 g/mol. The van der Waals surface area contributed by atoms with E-state index in [1.54, 1.807) is 27.9 Å². The molecule has 2 aromatic rings. The highest BCUT2D eigenvalue weighted by Crippen LogP contribution is 2.33. The van der Waals surface area contributed by atoms with Crippen molar-refractivity contribution < 1.29 is 14.3 Å². The molecule has 0 spiro atoms. The fourth-order valence-corrected chi connectivity index (χ4v) is 2.88. The van der Waals surface area contributed by atoms with Crippen LogP contribution < -0.4 is 0 Å². The Hall–Kier alpha value is -2.21. The van der Waals surface area contributed by atoms with Crippen molar-refractivity contribution in [3.8, 4) is 0 Å². The largest absolute Gasteiger partial charge is 0.391 e. The normalized spacial score (nSPS) is 21.3. The number of aliphatic hydroxyl groups is 1. The van der Waals surface area contributed by atoms with E-state index in [9.17, 15) is 14.3 Å². The van der Waals surface area contributed by atoms with E-state index >= 15 is 0 Å². The van der Waals surface area contributed by atoms with Gasteiger partial charge in [0.15, 0.2) is 0 Å². The van der Waals surface area contributed by atoms with E-state index < -0.39 is 6.10 Å². The van der Waals surface area contributed by atoms with Crippen molar-refractivity contribution in [2.45, 2.75) is 32.0 Å². The van der Waals surface area contributed by atoms with Gasteiger partial charge in [0, 0.05) is 19.3 Å². The molecule has 2 heterocycles. The highest BCUT2D eigenvalue weighted by Gasteiger charge is 2.36. The molecule has 1 aromatic heterocycles. The molecule has 2 atom stereocenters. The van der Waals surface area contributed by atoms with Crippen LogP contribution in [0.1, 0.15) is 35.3 Å². The molecular weight excluding hydrogens is 285 g/mol. The maximum atomic E-state index is 13.4. The number of nitrogens with zero attached hydrogens (tertiary/aromatic N) is 3. The van der Waals surface area contributed by atoms with Gasteiger partial charge in [-0.1, -0.05) is 12.1 Å². The molecule has 0 unspecified atom stereocenters. The lowest BCUT2D eigenvalue weighted by Crippen LogP contribution is -2.31. The maximum absolute atomic E-state index is 13.4. The van der Waals surface area contributed by atoms with Crippen molar-refractivity contribution in [2.24, 2.45) is 0 Å². The second kappa shape index (κ2) is 5.88. The van der Waals surface area contributed by atoms with E-state index in [2.05, 4.69) is 5.10 Å². The molecule has 0 saturated carbocycles. The molecule has 1 aromatic carbocycles. The lowest BCUT2D eigenvalue weighted by atomic mass is 10.0. The Labute approximate surface area is 128 Å². The number of benzene rings is 1. The van der Waals surface area contributed by atoms with Crippen LogP contribution in [0.5, 0.6) is 0 Å². The number of carbonyl (C=O) groups is 1. The van der Waals surface area contributed by atoms with Crippen molar-refractivity contribution in [1.82, 2.24) is 14.7 Å². The summed E-state index contributed by atoms with van der Waals surface area (Å²) < 4.78 is 15.1. The number of rotatable bonds is 3. The number of β-amino-alcohol motifs (C(OH)–C–C–N with tert-alkyl or cyclic N) is 1. The van der Waals surface area contributed by atoms with Gasteiger partial charge in [-0.15, -0.1) is 0 Å². The summed E-state index contributed by atoms with van der Waals surface area (Å²) in [6.07, 6.45) is 3.03. The molecule has 0 bridgehead atoms. The first kappa shape index (κ1) is 14.7. The summed E-state index contributed by atoms with van der Waals surface area (Å²) >= 11 is 0. The Morgan fingerprint density at radius 2 is 2.32 bits per heavy atom. The number of halogens is 1. The molecule has 1 amide bonds. The molecule has 0 radical (unpaired) electrons. The van der Waals surface area contributed by atoms with Crippen molar-refractivity contribution in [3.63, 3.8) is 0 Å². The van der Waals surface area contributed by atoms with Gasteiger partial charge in [0.05, 0.1) is 23.9 Å². The third-order valence-corrected chi connectivity index (χ3v) is 3.98. The lowest BCUT2D eigenvalue weighted by molar-refractivity contribution is 0.0715. The van der Waals surface area contributed by atoms with Crippen LogP contribution >= 0.6 is 0 Å². The van der Waals surface area contributed by atoms with Crippen LogP contribution in [0.2, 0.25) is 0 Å². The average Bonchev–Trinajstić information content (AvgIpc) is 3.13. The predicted octanol–water partition coefficient (Wildman–Crippen LogP) is 1.99. The Kier molecular flexibility index (Phi) is 3.94. The first-order chi connectivity index (χ1) is 10.6. The topological polar surface area (TPSA) is 58.4 Å². The van der Waals surface area contributed by atoms with E-state index in [-0.39, 0.29) is 24.3 Å². The fraction of sp³-hybridized carbons (Fsp3) is 0.375. The zero-order valence-corrected chi connectivity index (χ0v) is 12.3. The van der Waals surface area contributed by atoms with Crippen LogP contribution in [0.3, 0.4) is 0 Å². The highest BCUT2D eigenvalue weighted by molar-refractivity contribution is 5.94. The molecule has 1 N–H and O–H groups in total. The molecule has 116 valence electrons. The minimum atomic E-state index is -0.599. The third kappa shape index (κ3) is 2.74. The van der Waals surface area contributed by atoms with Crippen LogP contribution in [-0.4, -0.2) is 38.3 Å². The second-order valence-electron chi connectivity index (χ2n) is 5.50. The first-order valence-electron chi connectivity index (χ1n) is 7.35. The highest BCUT2D eigenvalue weighted by atomic mass is 19.1. The van der Waals surface area contributed by atoms with E-state index in [0.717, 1.165) is 0 Å².